The van der Waals surface area contributed by atoms with Gasteiger partial charge in [-0.05, 0) is 12.8 Å². The van der Waals surface area contributed by atoms with Gasteiger partial charge in [-0.25, -0.2) is 0 Å². The van der Waals surface area contributed by atoms with Crippen LogP contribution in [-0.2, 0) is 0 Å². The number of aliphatic imine (C=N–C) groups is 1. The number of hydrogen-bond donors (Lipinski definition) is 0. The van der Waals surface area contributed by atoms with Gasteiger partial charge in [0.25, 0.3) is 0 Å². The molecule has 1 atom stereocenters. The van der Waals surface area contributed by atoms with Gasteiger partial charge in [0, 0.05) is 12.1 Å². The second-order valence-corrected chi connectivity index (χ2v) is 2.09. The highest BCUT2D eigenvalue weighted by atomic mass is 14.9. The lowest BCUT2D eigenvalue weighted by Crippen LogP contribution is -2.09. The van der Waals surface area contributed by atoms with Crippen molar-refractivity contribution in [3.8, 4) is 0 Å². The van der Waals surface area contributed by atoms with Crippen LogP contribution in [0.25, 0.3) is 0 Å². The molecule has 2 aliphatic heterocycles. The Morgan fingerprint density at radius 2 is 2.50 bits per heavy atom. The van der Waals surface area contributed by atoms with Crippen molar-refractivity contribution in [2.75, 3.05) is 0 Å². The maximum Gasteiger partial charge on any atom is 0.0554 e. The molecule has 0 radical (unpaired) electrons. The SMILES string of the molecule is C1CC2CC1=N2. The van der Waals surface area contributed by atoms with E-state index >= 15 is 0 Å². The molecule has 1 saturated carbocycles. The first-order chi connectivity index (χ1) is 2.95. The first-order valence-corrected chi connectivity index (χ1v) is 2.51. The first kappa shape index (κ1) is 2.78. The zero-order valence-electron chi connectivity index (χ0n) is 3.65. The van der Waals surface area contributed by atoms with Gasteiger partial charge in [0.2, 0.25) is 0 Å². The third-order valence-electron chi connectivity index (χ3n) is 1.60. The van der Waals surface area contributed by atoms with Crippen molar-refractivity contribution in [1.29, 1.82) is 0 Å². The van der Waals surface area contributed by atoms with E-state index in [9.17, 15) is 0 Å². The van der Waals surface area contributed by atoms with Crippen molar-refractivity contribution >= 4 is 5.71 Å². The fourth-order valence-corrected chi connectivity index (χ4v) is 1.18. The van der Waals surface area contributed by atoms with E-state index in [2.05, 4.69) is 4.99 Å². The van der Waals surface area contributed by atoms with Gasteiger partial charge in [0.05, 0.1) is 6.04 Å². The van der Waals surface area contributed by atoms with E-state index in [-0.39, 0.29) is 0 Å². The smallest absolute Gasteiger partial charge is 0.0554 e. The van der Waals surface area contributed by atoms with Crippen molar-refractivity contribution in [3.05, 3.63) is 0 Å². The van der Waals surface area contributed by atoms with Crippen LogP contribution in [0.1, 0.15) is 19.3 Å². The summed E-state index contributed by atoms with van der Waals surface area (Å²) in [6, 6.07) is 0.778. The molecule has 0 N–H and O–H groups in total. The van der Waals surface area contributed by atoms with Crippen LogP contribution < -0.4 is 0 Å². The summed E-state index contributed by atoms with van der Waals surface area (Å²) in [5.41, 5.74) is 1.47. The van der Waals surface area contributed by atoms with Gasteiger partial charge in [-0.15, -0.1) is 0 Å². The quantitative estimate of drug-likeness (QED) is 0.412. The monoisotopic (exact) mass is 81.1 g/mol. The van der Waals surface area contributed by atoms with Crippen LogP contribution in [0.5, 0.6) is 0 Å². The predicted octanol–water partition coefficient (Wildman–Crippen LogP) is 0.994. The van der Waals surface area contributed by atoms with Crippen LogP contribution in [0.4, 0.5) is 0 Å². The highest BCUT2D eigenvalue weighted by Crippen LogP contribution is 2.28. The Kier molecular flexibility index (Phi) is 0.312. The van der Waals surface area contributed by atoms with Crippen molar-refractivity contribution < 1.29 is 0 Å². The highest BCUT2D eigenvalue weighted by Gasteiger charge is 2.27. The van der Waals surface area contributed by atoms with E-state index < -0.39 is 0 Å². The minimum absolute atomic E-state index is 0.778. The largest absolute Gasteiger partial charge is 0.290 e. The zero-order valence-corrected chi connectivity index (χ0v) is 3.65. The fourth-order valence-electron chi connectivity index (χ4n) is 1.18. The molecule has 1 nitrogen and oxygen atoms in total. The van der Waals surface area contributed by atoms with Gasteiger partial charge in [0.1, 0.15) is 0 Å². The minimum atomic E-state index is 0.778. The molecule has 3 aliphatic rings. The van der Waals surface area contributed by atoms with Gasteiger partial charge in [-0.3, -0.25) is 4.99 Å². The Labute approximate surface area is 37.1 Å². The third-order valence-corrected chi connectivity index (χ3v) is 1.60. The number of fused-ring (bicyclic) bond motifs is 1. The Bertz CT molecular complexity index is 101. The standard InChI is InChI=1S/C5H7N/c1-2-5-3-4(1)6-5/h4H,1-3H2. The van der Waals surface area contributed by atoms with E-state index in [4.69, 9.17) is 0 Å². The Hall–Kier alpha value is -0.330. The summed E-state index contributed by atoms with van der Waals surface area (Å²) in [6.45, 7) is 0. The second kappa shape index (κ2) is 0.673. The molecule has 0 aromatic rings. The maximum absolute atomic E-state index is 4.25. The van der Waals surface area contributed by atoms with E-state index in [0.29, 0.717) is 0 Å². The molecule has 32 valence electrons. The van der Waals surface area contributed by atoms with Crippen LogP contribution in [0, 0.1) is 0 Å². The van der Waals surface area contributed by atoms with Crippen molar-refractivity contribution in [1.82, 2.24) is 0 Å². The lowest BCUT2D eigenvalue weighted by atomic mass is 10.2. The molecule has 2 bridgehead atoms. The van der Waals surface area contributed by atoms with Gasteiger partial charge in [-0.1, -0.05) is 0 Å². The third kappa shape index (κ3) is 0.163. The van der Waals surface area contributed by atoms with Gasteiger partial charge >= 0.3 is 0 Å². The molecule has 0 aromatic heterocycles. The number of hydrogen-bond acceptors (Lipinski definition) is 1. The van der Waals surface area contributed by atoms with Crippen molar-refractivity contribution in [2.24, 2.45) is 4.99 Å². The lowest BCUT2D eigenvalue weighted by Gasteiger charge is -2.08. The second-order valence-electron chi connectivity index (χ2n) is 2.09. The highest BCUT2D eigenvalue weighted by molar-refractivity contribution is 5.92. The van der Waals surface area contributed by atoms with Crippen LogP contribution in [0.2, 0.25) is 0 Å². The summed E-state index contributed by atoms with van der Waals surface area (Å²) in [7, 11) is 0. The molecule has 0 spiro atoms. The average Bonchev–Trinajstić information content (AvgIpc) is 1.72. The molecule has 2 heterocycles. The summed E-state index contributed by atoms with van der Waals surface area (Å²) in [5, 5.41) is 0. The van der Waals surface area contributed by atoms with Crippen LogP contribution in [0.3, 0.4) is 0 Å². The summed E-state index contributed by atoms with van der Waals surface area (Å²) in [6.07, 6.45) is 4.00. The van der Waals surface area contributed by atoms with Crippen LogP contribution in [-0.4, -0.2) is 11.8 Å². The predicted molar refractivity (Wildman–Crippen MR) is 25.1 cm³/mol. The Balaban J connectivity index is 2.39. The average molecular weight is 81.1 g/mol. The topological polar surface area (TPSA) is 12.4 Å². The van der Waals surface area contributed by atoms with E-state index in [1.54, 1.807) is 0 Å². The van der Waals surface area contributed by atoms with E-state index in [0.717, 1.165) is 6.04 Å². The Morgan fingerprint density at radius 3 is 2.67 bits per heavy atom. The molecule has 1 fully saturated rings. The molecular weight excluding hydrogens is 74.1 g/mol. The lowest BCUT2D eigenvalue weighted by molar-refractivity contribution is 0.699. The molecule has 0 saturated heterocycles. The summed E-state index contributed by atoms with van der Waals surface area (Å²) in [4.78, 5) is 4.25. The van der Waals surface area contributed by atoms with Crippen LogP contribution in [0.15, 0.2) is 4.99 Å². The molecule has 0 aromatic carbocycles. The minimum Gasteiger partial charge on any atom is -0.290 e. The summed E-state index contributed by atoms with van der Waals surface area (Å²) < 4.78 is 0. The van der Waals surface area contributed by atoms with Crippen molar-refractivity contribution in [3.63, 3.8) is 0 Å². The maximum atomic E-state index is 4.25. The van der Waals surface area contributed by atoms with E-state index in [1.165, 1.54) is 25.0 Å². The van der Waals surface area contributed by atoms with Crippen molar-refractivity contribution in [2.45, 2.75) is 25.3 Å². The first-order valence-electron chi connectivity index (χ1n) is 2.51. The molecule has 6 heavy (non-hydrogen) atoms. The summed E-state index contributed by atoms with van der Waals surface area (Å²) >= 11 is 0. The molecule has 1 heteroatoms. The normalized spacial score (nSPS) is 38.7. The zero-order chi connectivity index (χ0) is 3.98. The molecule has 1 aliphatic carbocycles. The van der Waals surface area contributed by atoms with Gasteiger partial charge in [0.15, 0.2) is 0 Å². The van der Waals surface area contributed by atoms with Crippen LogP contribution >= 0.6 is 0 Å². The Morgan fingerprint density at radius 1 is 1.67 bits per heavy atom. The number of nitrogens with zero attached hydrogens (tertiary/aromatic N) is 1. The van der Waals surface area contributed by atoms with E-state index in [1.807, 2.05) is 0 Å². The fraction of sp³-hybridized carbons (Fsp3) is 0.800. The molecule has 3 rings (SSSR count). The van der Waals surface area contributed by atoms with Gasteiger partial charge in [-0.2, -0.15) is 0 Å². The summed E-state index contributed by atoms with van der Waals surface area (Å²) in [5.74, 6) is 0. The van der Waals surface area contributed by atoms with Gasteiger partial charge < -0.3 is 0 Å². The molecule has 1 unspecified atom stereocenters. The molecular formula is C5H7N. The number of rotatable bonds is 0. The molecule has 0 amide bonds.